The molecule has 3 rings (SSSR count). The van der Waals surface area contributed by atoms with Crippen molar-refractivity contribution in [1.82, 2.24) is 15.4 Å². The molecule has 0 radical (unpaired) electrons. The highest BCUT2D eigenvalue weighted by molar-refractivity contribution is 9.10. The number of halogens is 1. The first-order valence-corrected chi connectivity index (χ1v) is 10.9. The lowest BCUT2D eigenvalue weighted by Gasteiger charge is -2.12. The van der Waals surface area contributed by atoms with Crippen molar-refractivity contribution in [1.29, 1.82) is 0 Å². The van der Waals surface area contributed by atoms with Gasteiger partial charge in [0.1, 0.15) is 6.33 Å². The second-order valence-electron chi connectivity index (χ2n) is 7.43. The zero-order valence-electron chi connectivity index (χ0n) is 18.2. The molecule has 3 N–H and O–H groups in total. The van der Waals surface area contributed by atoms with E-state index < -0.39 is 22.5 Å². The molecule has 0 bridgehead atoms. The van der Waals surface area contributed by atoms with Crippen LogP contribution in [-0.4, -0.2) is 33.4 Å². The fraction of sp³-hybridized carbons (Fsp3) is 0.182. The van der Waals surface area contributed by atoms with E-state index in [4.69, 9.17) is 4.74 Å². The third-order valence-corrected chi connectivity index (χ3v) is 5.04. The molecule has 1 aromatic heterocycles. The Morgan fingerprint density at radius 2 is 1.76 bits per heavy atom. The average Bonchev–Trinajstić information content (AvgIpc) is 2.81. The molecule has 3 aromatic rings. The minimum atomic E-state index is -0.674. The molecule has 1 heterocycles. The molecule has 0 atom stereocenters. The Morgan fingerprint density at radius 3 is 2.41 bits per heavy atom. The number of amides is 1. The summed E-state index contributed by atoms with van der Waals surface area (Å²) in [5.41, 5.74) is 5.52. The fourth-order valence-electron chi connectivity index (χ4n) is 2.72. The first kappa shape index (κ1) is 24.6. The standard InChI is InChI=1S/C22H21BrN6O5/c1-13(2)11-34-22(31)14-7-9-15(10-8-14)26-19-18(29(32)33)20(25-12-24-19)27-28-21(30)16-5-3-4-6-17(16)23/h3-10,12-13H,11H2,1-2H3,(H,28,30)(H2,24,25,26,27). The first-order chi connectivity index (χ1) is 16.3. The maximum absolute atomic E-state index is 12.4. The van der Waals surface area contributed by atoms with Gasteiger partial charge in [0, 0.05) is 10.2 Å². The zero-order valence-corrected chi connectivity index (χ0v) is 19.8. The van der Waals surface area contributed by atoms with Gasteiger partial charge < -0.3 is 10.1 Å². The molecule has 0 aliphatic heterocycles. The maximum atomic E-state index is 12.4. The Morgan fingerprint density at radius 1 is 1.09 bits per heavy atom. The van der Waals surface area contributed by atoms with Gasteiger partial charge in [0.2, 0.25) is 11.6 Å². The van der Waals surface area contributed by atoms with Crippen molar-refractivity contribution in [3.05, 3.63) is 80.6 Å². The van der Waals surface area contributed by atoms with E-state index in [-0.39, 0.29) is 17.6 Å². The number of hydrogen-bond donors (Lipinski definition) is 3. The van der Waals surface area contributed by atoms with Crippen LogP contribution in [0.4, 0.5) is 23.0 Å². The molecule has 12 heteroatoms. The van der Waals surface area contributed by atoms with Crippen LogP contribution in [0, 0.1) is 16.0 Å². The number of esters is 1. The molecular formula is C22H21BrN6O5. The van der Waals surface area contributed by atoms with Gasteiger partial charge in [0.25, 0.3) is 5.91 Å². The molecular weight excluding hydrogens is 508 g/mol. The SMILES string of the molecule is CC(C)COC(=O)c1ccc(Nc2ncnc(NNC(=O)c3ccccc3Br)c2[N+](=O)[O-])cc1. The van der Waals surface area contributed by atoms with E-state index in [0.29, 0.717) is 27.9 Å². The molecule has 0 aliphatic carbocycles. The van der Waals surface area contributed by atoms with Crippen LogP contribution in [-0.2, 0) is 4.74 Å². The Bertz CT molecular complexity index is 1200. The van der Waals surface area contributed by atoms with Crippen LogP contribution in [0.3, 0.4) is 0 Å². The lowest BCUT2D eigenvalue weighted by Crippen LogP contribution is -2.30. The molecule has 0 aliphatic rings. The normalized spacial score (nSPS) is 10.5. The predicted octanol–water partition coefficient (Wildman–Crippen LogP) is 4.46. The van der Waals surface area contributed by atoms with Gasteiger partial charge in [-0.2, -0.15) is 0 Å². The number of hydrazine groups is 1. The van der Waals surface area contributed by atoms with Crippen molar-refractivity contribution in [2.75, 3.05) is 17.3 Å². The maximum Gasteiger partial charge on any atom is 0.355 e. The largest absolute Gasteiger partial charge is 0.462 e. The molecule has 0 fully saturated rings. The number of hydrogen-bond acceptors (Lipinski definition) is 9. The summed E-state index contributed by atoms with van der Waals surface area (Å²) in [6.07, 6.45) is 1.11. The zero-order chi connectivity index (χ0) is 24.7. The quantitative estimate of drug-likeness (QED) is 0.208. The summed E-state index contributed by atoms with van der Waals surface area (Å²) < 4.78 is 5.75. The average molecular weight is 529 g/mol. The molecule has 176 valence electrons. The highest BCUT2D eigenvalue weighted by Crippen LogP contribution is 2.31. The van der Waals surface area contributed by atoms with Gasteiger partial charge in [-0.15, -0.1) is 0 Å². The number of carbonyl (C=O) groups is 2. The Balaban J connectivity index is 1.75. The van der Waals surface area contributed by atoms with Crippen LogP contribution in [0.25, 0.3) is 0 Å². The van der Waals surface area contributed by atoms with Crippen LogP contribution >= 0.6 is 15.9 Å². The highest BCUT2D eigenvalue weighted by Gasteiger charge is 2.24. The number of nitro groups is 1. The predicted molar refractivity (Wildman–Crippen MR) is 129 cm³/mol. The van der Waals surface area contributed by atoms with Crippen LogP contribution in [0.5, 0.6) is 0 Å². The van der Waals surface area contributed by atoms with Gasteiger partial charge in [-0.05, 0) is 58.2 Å². The van der Waals surface area contributed by atoms with Gasteiger partial charge in [0.15, 0.2) is 0 Å². The molecule has 0 saturated carbocycles. The van der Waals surface area contributed by atoms with E-state index in [0.717, 1.165) is 6.33 Å². The highest BCUT2D eigenvalue weighted by atomic mass is 79.9. The van der Waals surface area contributed by atoms with Gasteiger partial charge >= 0.3 is 11.7 Å². The van der Waals surface area contributed by atoms with E-state index in [1.54, 1.807) is 36.4 Å². The van der Waals surface area contributed by atoms with E-state index in [2.05, 4.69) is 42.1 Å². The Hall–Kier alpha value is -4.06. The number of ether oxygens (including phenoxy) is 1. The summed E-state index contributed by atoms with van der Waals surface area (Å²) in [7, 11) is 0. The van der Waals surface area contributed by atoms with Crippen molar-refractivity contribution in [3.8, 4) is 0 Å². The number of anilines is 3. The Labute approximate surface area is 203 Å². The van der Waals surface area contributed by atoms with Crippen LogP contribution < -0.4 is 16.2 Å². The molecule has 11 nitrogen and oxygen atoms in total. The van der Waals surface area contributed by atoms with Crippen LogP contribution in [0.15, 0.2) is 59.3 Å². The number of benzene rings is 2. The summed E-state index contributed by atoms with van der Waals surface area (Å²) >= 11 is 3.28. The number of nitrogens with one attached hydrogen (secondary N) is 3. The molecule has 34 heavy (non-hydrogen) atoms. The fourth-order valence-corrected chi connectivity index (χ4v) is 3.18. The number of nitrogens with zero attached hydrogens (tertiary/aromatic N) is 3. The van der Waals surface area contributed by atoms with Gasteiger partial charge in [-0.3, -0.25) is 25.8 Å². The minimum absolute atomic E-state index is 0.104. The van der Waals surface area contributed by atoms with Crippen molar-refractivity contribution in [2.24, 2.45) is 5.92 Å². The summed E-state index contributed by atoms with van der Waals surface area (Å²) in [6.45, 7) is 4.17. The van der Waals surface area contributed by atoms with Crippen molar-refractivity contribution in [3.63, 3.8) is 0 Å². The molecule has 0 unspecified atom stereocenters. The Kier molecular flexibility index (Phi) is 8.09. The lowest BCUT2D eigenvalue weighted by molar-refractivity contribution is -0.383. The third kappa shape index (κ3) is 6.25. The number of aromatic nitrogens is 2. The van der Waals surface area contributed by atoms with Crippen LogP contribution in [0.1, 0.15) is 34.6 Å². The number of rotatable bonds is 9. The van der Waals surface area contributed by atoms with Gasteiger partial charge in [-0.25, -0.2) is 14.8 Å². The minimum Gasteiger partial charge on any atom is -0.462 e. The first-order valence-electron chi connectivity index (χ1n) is 10.1. The molecule has 0 saturated heterocycles. The topological polar surface area (TPSA) is 148 Å². The molecule has 0 spiro atoms. The van der Waals surface area contributed by atoms with E-state index >= 15 is 0 Å². The van der Waals surface area contributed by atoms with E-state index in [1.165, 1.54) is 12.1 Å². The van der Waals surface area contributed by atoms with E-state index in [9.17, 15) is 19.7 Å². The second kappa shape index (κ2) is 11.2. The second-order valence-corrected chi connectivity index (χ2v) is 8.28. The molecule has 1 amide bonds. The summed E-state index contributed by atoms with van der Waals surface area (Å²) in [4.78, 5) is 43.3. The van der Waals surface area contributed by atoms with E-state index in [1.807, 2.05) is 13.8 Å². The van der Waals surface area contributed by atoms with Crippen molar-refractivity contribution in [2.45, 2.75) is 13.8 Å². The summed E-state index contributed by atoms with van der Waals surface area (Å²) in [5.74, 6) is -1.08. The monoisotopic (exact) mass is 528 g/mol. The van der Waals surface area contributed by atoms with Gasteiger partial charge in [0.05, 0.1) is 22.7 Å². The summed E-state index contributed by atoms with van der Waals surface area (Å²) in [6, 6.07) is 12.9. The van der Waals surface area contributed by atoms with Crippen molar-refractivity contribution >= 4 is 50.8 Å². The summed E-state index contributed by atoms with van der Waals surface area (Å²) in [5, 5.41) is 14.6. The lowest BCUT2D eigenvalue weighted by atomic mass is 10.2. The van der Waals surface area contributed by atoms with Crippen LogP contribution in [0.2, 0.25) is 0 Å². The number of carbonyl (C=O) groups excluding carboxylic acids is 2. The molecule has 2 aromatic carbocycles. The van der Waals surface area contributed by atoms with Crippen molar-refractivity contribution < 1.29 is 19.2 Å². The van der Waals surface area contributed by atoms with Gasteiger partial charge in [-0.1, -0.05) is 26.0 Å². The third-order valence-electron chi connectivity index (χ3n) is 4.35. The smallest absolute Gasteiger partial charge is 0.355 e.